The molecule has 19 heteroatoms. The predicted molar refractivity (Wildman–Crippen MR) is 285 cm³/mol. The number of allylic oxidation sites excluding steroid dienone is 7. The smallest absolute Gasteiger partial charge is 0.333 e. The molecule has 0 aromatic carbocycles. The SMILES string of the molecule is COC[C@@H](C[C@H]1O[C@@](O)(C[C@@H]2C[C@H](OC)CCC/C=C(C)/C=C/[C@@H](O[C@@H]3O[C@@H](C)[C@H](OC)[C@@H](O)[C@H]3O)[C@H](C)/C=C(C)/C=C(C)\C=C(/C)C(=O)O2)[C@H](C)[C@@H](O)[C@H]1C)O[C@H]1C[C@](C)(O)[C@@H](O[C@H]2C[C@@H](OC)[C@H](O)[C@@H](C)O2)[C@H](C)O1. The Hall–Kier alpha value is -2.51. The topological polar surface area (TPSA) is 249 Å². The number of carbonyl (C=O) groups excluding carboxylic acids is 1. The van der Waals surface area contributed by atoms with E-state index in [4.69, 9.17) is 56.8 Å². The van der Waals surface area contributed by atoms with Crippen LogP contribution in [0.15, 0.2) is 58.7 Å². The second-order valence-electron chi connectivity index (χ2n) is 22.8. The maximum atomic E-state index is 14.1. The van der Waals surface area contributed by atoms with Gasteiger partial charge in [0.05, 0.1) is 67.1 Å². The van der Waals surface area contributed by atoms with Crippen molar-refractivity contribution in [2.75, 3.05) is 35.0 Å². The second kappa shape index (κ2) is 29.5. The van der Waals surface area contributed by atoms with E-state index in [0.717, 1.165) is 23.1 Å². The van der Waals surface area contributed by atoms with Gasteiger partial charge in [0.25, 0.3) is 0 Å². The molecule has 5 aliphatic rings. The summed E-state index contributed by atoms with van der Waals surface area (Å²) in [6.07, 6.45) is 0.145. The lowest BCUT2D eigenvalue weighted by molar-refractivity contribution is -0.343. The van der Waals surface area contributed by atoms with Gasteiger partial charge in [0, 0.05) is 83.9 Å². The summed E-state index contributed by atoms with van der Waals surface area (Å²) in [4.78, 5) is 14.1. The fraction of sp³-hybridized carbons (Fsp3) is 0.810. The lowest BCUT2D eigenvalue weighted by Crippen LogP contribution is -2.60. The molecule has 0 aromatic heterocycles. The van der Waals surface area contributed by atoms with Crippen molar-refractivity contribution in [3.8, 4) is 0 Å². The van der Waals surface area contributed by atoms with Crippen molar-refractivity contribution in [2.24, 2.45) is 17.8 Å². The van der Waals surface area contributed by atoms with Gasteiger partial charge in [-0.05, 0) is 80.7 Å². The summed E-state index contributed by atoms with van der Waals surface area (Å²) in [5.74, 6) is -4.04. The number of methoxy groups -OCH3 is 4. The summed E-state index contributed by atoms with van der Waals surface area (Å²) in [5, 5.41) is 68.5. The number of esters is 1. The first-order chi connectivity index (χ1) is 36.2. The van der Waals surface area contributed by atoms with E-state index in [2.05, 4.69) is 6.08 Å². The van der Waals surface area contributed by atoms with Crippen molar-refractivity contribution in [3.05, 3.63) is 58.7 Å². The number of hydrogen-bond donors (Lipinski definition) is 6. The Morgan fingerprint density at radius 1 is 0.766 bits per heavy atom. The van der Waals surface area contributed by atoms with E-state index in [1.165, 1.54) is 21.3 Å². The summed E-state index contributed by atoms with van der Waals surface area (Å²) >= 11 is 0. The van der Waals surface area contributed by atoms with Gasteiger partial charge in [-0.2, -0.15) is 0 Å². The normalized spacial score (nSPS) is 46.2. The molecule has 442 valence electrons. The molecule has 23 atom stereocenters. The molecule has 0 aliphatic carbocycles. The zero-order chi connectivity index (χ0) is 57.1. The molecule has 0 aromatic rings. The van der Waals surface area contributed by atoms with Gasteiger partial charge in [-0.15, -0.1) is 0 Å². The van der Waals surface area contributed by atoms with Crippen molar-refractivity contribution < 1.29 is 92.3 Å². The third-order valence-corrected chi connectivity index (χ3v) is 16.1. The van der Waals surface area contributed by atoms with Crippen molar-refractivity contribution in [2.45, 2.75) is 249 Å². The van der Waals surface area contributed by atoms with Crippen molar-refractivity contribution in [1.29, 1.82) is 0 Å². The summed E-state index contributed by atoms with van der Waals surface area (Å²) in [6, 6.07) is 0. The lowest BCUT2D eigenvalue weighted by atomic mass is 9.77. The van der Waals surface area contributed by atoms with Gasteiger partial charge < -0.3 is 87.5 Å². The van der Waals surface area contributed by atoms with Crippen LogP contribution in [-0.2, 0) is 61.6 Å². The fourth-order valence-corrected chi connectivity index (χ4v) is 11.6. The first kappa shape index (κ1) is 65.3. The van der Waals surface area contributed by atoms with Crippen LogP contribution >= 0.6 is 0 Å². The molecule has 0 spiro atoms. The van der Waals surface area contributed by atoms with Crippen LogP contribution in [-0.4, -0.2) is 193 Å². The van der Waals surface area contributed by atoms with Crippen LogP contribution < -0.4 is 0 Å². The van der Waals surface area contributed by atoms with Gasteiger partial charge in [-0.3, -0.25) is 0 Å². The van der Waals surface area contributed by atoms with E-state index in [1.807, 2.05) is 58.9 Å². The Balaban J connectivity index is 1.33. The molecule has 5 heterocycles. The van der Waals surface area contributed by atoms with Gasteiger partial charge in [-0.1, -0.05) is 67.9 Å². The Morgan fingerprint density at radius 3 is 2.12 bits per heavy atom. The maximum absolute atomic E-state index is 14.1. The Kier molecular flexibility index (Phi) is 25.0. The molecule has 0 amide bonds. The molecule has 19 nitrogen and oxygen atoms in total. The average molecular weight is 1100 g/mol. The van der Waals surface area contributed by atoms with E-state index in [-0.39, 0.29) is 50.7 Å². The minimum Gasteiger partial charge on any atom is -0.459 e. The number of ether oxygens (including phenoxy) is 12. The second-order valence-corrected chi connectivity index (χ2v) is 22.8. The zero-order valence-electron chi connectivity index (χ0n) is 48.4. The average Bonchev–Trinajstić information content (AvgIpc) is 3.35. The van der Waals surface area contributed by atoms with E-state index < -0.39 is 134 Å². The number of aliphatic hydroxyl groups is 6. The monoisotopic (exact) mass is 1100 g/mol. The number of carbonyl (C=O) groups is 1. The van der Waals surface area contributed by atoms with E-state index in [0.29, 0.717) is 18.4 Å². The summed E-state index contributed by atoms with van der Waals surface area (Å²) in [7, 11) is 6.12. The minimum absolute atomic E-state index is 0.0345. The predicted octanol–water partition coefficient (Wildman–Crippen LogP) is 5.65. The fourth-order valence-electron chi connectivity index (χ4n) is 11.6. The van der Waals surface area contributed by atoms with Gasteiger partial charge in [0.2, 0.25) is 0 Å². The Morgan fingerprint density at radius 2 is 1.47 bits per heavy atom. The molecule has 0 radical (unpaired) electrons. The Labute approximate surface area is 457 Å². The molecule has 0 unspecified atom stereocenters. The van der Waals surface area contributed by atoms with Crippen LogP contribution in [0.1, 0.15) is 128 Å². The molecule has 4 fully saturated rings. The van der Waals surface area contributed by atoms with Crippen LogP contribution in [0, 0.1) is 17.8 Å². The molecule has 6 N–H and O–H groups in total. The molecule has 0 saturated carbocycles. The maximum Gasteiger partial charge on any atom is 0.333 e. The van der Waals surface area contributed by atoms with E-state index in [1.54, 1.807) is 54.7 Å². The standard InChI is InChI=1S/C58H96O19/c1-31-18-16-17-19-41(67-13)25-42(74-55(63)35(5)24-33(3)22-32(2)23-34(4)44(21-20-31)75-56-52(62)51(61)53(69-15)39(9)72-56)28-58(65)37(7)49(59)36(6)45(77-58)26-43(30-66-12)73-48-29-57(11,64)54(40(10)71-48)76-47-27-46(68-14)50(60)38(8)70-47/h18,20-24,34,36-54,56,59-62,64-65H,16-17,19,25-30H2,1-15H3/b21-20+,31-18+,32-23+,33-22-,35-24+/t34-,36+,37-,38-,39+,40+,41-,42+,43-,44-,45-,46-,47+,48+,49+,50-,51+,52-,53+,54+,56+,57+,58+/m1/s1. The summed E-state index contributed by atoms with van der Waals surface area (Å²) < 4.78 is 72.9. The number of hydrogen-bond acceptors (Lipinski definition) is 19. The molecule has 4 saturated heterocycles. The van der Waals surface area contributed by atoms with E-state index in [9.17, 15) is 35.4 Å². The highest BCUT2D eigenvalue weighted by atomic mass is 16.7. The molecule has 5 rings (SSSR count). The quantitative estimate of drug-likeness (QED) is 0.109. The highest BCUT2D eigenvalue weighted by molar-refractivity contribution is 5.88. The van der Waals surface area contributed by atoms with Gasteiger partial charge in [-0.25, -0.2) is 4.79 Å². The van der Waals surface area contributed by atoms with Crippen molar-refractivity contribution in [1.82, 2.24) is 0 Å². The molecule has 77 heavy (non-hydrogen) atoms. The van der Waals surface area contributed by atoms with Crippen molar-refractivity contribution >= 4 is 5.97 Å². The lowest BCUT2D eigenvalue weighted by Gasteiger charge is -2.50. The minimum atomic E-state index is -1.96. The highest BCUT2D eigenvalue weighted by Crippen LogP contribution is 2.43. The highest BCUT2D eigenvalue weighted by Gasteiger charge is 2.53. The molecular weight excluding hydrogens is 1000 g/mol. The third-order valence-electron chi connectivity index (χ3n) is 16.1. The van der Waals surface area contributed by atoms with Crippen LogP contribution in [0.4, 0.5) is 0 Å². The van der Waals surface area contributed by atoms with Crippen molar-refractivity contribution in [3.63, 3.8) is 0 Å². The number of cyclic esters (lactones) is 1. The number of rotatable bonds is 15. The van der Waals surface area contributed by atoms with E-state index >= 15 is 0 Å². The first-order valence-electron chi connectivity index (χ1n) is 27.7. The summed E-state index contributed by atoms with van der Waals surface area (Å²) in [5.41, 5.74) is 1.54. The molecule has 5 aliphatic heterocycles. The van der Waals surface area contributed by atoms with Gasteiger partial charge in [0.1, 0.15) is 36.6 Å². The van der Waals surface area contributed by atoms with Crippen LogP contribution in [0.2, 0.25) is 0 Å². The molecule has 0 bridgehead atoms. The van der Waals surface area contributed by atoms with Gasteiger partial charge in [0.15, 0.2) is 24.7 Å². The zero-order valence-corrected chi connectivity index (χ0v) is 48.4. The first-order valence-corrected chi connectivity index (χ1v) is 27.7. The van der Waals surface area contributed by atoms with Crippen LogP contribution in [0.25, 0.3) is 0 Å². The largest absolute Gasteiger partial charge is 0.459 e. The number of aliphatic hydroxyl groups excluding tert-OH is 4. The Bertz CT molecular complexity index is 2010. The van der Waals surface area contributed by atoms with Crippen LogP contribution in [0.3, 0.4) is 0 Å². The van der Waals surface area contributed by atoms with Gasteiger partial charge >= 0.3 is 5.97 Å². The van der Waals surface area contributed by atoms with Crippen LogP contribution in [0.5, 0.6) is 0 Å². The molecular formula is C58H96O19. The third kappa shape index (κ3) is 17.7. The summed E-state index contributed by atoms with van der Waals surface area (Å²) in [6.45, 7) is 20.1.